The largest absolute Gasteiger partial charge is 0.295 e. The van der Waals surface area contributed by atoms with Crippen molar-refractivity contribution in [2.75, 3.05) is 0 Å². The molecule has 0 N–H and O–H groups in total. The Balaban J connectivity index is 2.28. The molecule has 0 aromatic heterocycles. The summed E-state index contributed by atoms with van der Waals surface area (Å²) in [5.74, 6) is 1.78. The molecule has 1 nitrogen and oxygen atoms in total. The first kappa shape index (κ1) is 6.14. The Bertz CT molecular complexity index is 203. The number of ketones is 1. The van der Waals surface area contributed by atoms with Gasteiger partial charge in [0.1, 0.15) is 0 Å². The maximum absolute atomic E-state index is 11.1. The van der Waals surface area contributed by atoms with Crippen LogP contribution in [0.3, 0.4) is 0 Å². The lowest BCUT2D eigenvalue weighted by Gasteiger charge is -2.09. The van der Waals surface area contributed by atoms with E-state index in [9.17, 15) is 4.79 Å². The van der Waals surface area contributed by atoms with Crippen LogP contribution in [0.2, 0.25) is 0 Å². The Morgan fingerprint density at radius 3 is 3.10 bits per heavy atom. The van der Waals surface area contributed by atoms with Crippen LogP contribution in [0.25, 0.3) is 0 Å². The van der Waals surface area contributed by atoms with Crippen LogP contribution in [-0.2, 0) is 4.79 Å². The molecular weight excluding hydrogens is 124 g/mol. The SMILES string of the molecule is C[C@H]1CC=C2C(=O)CC[C@@H]21. The summed E-state index contributed by atoms with van der Waals surface area (Å²) in [5, 5.41) is 0. The van der Waals surface area contributed by atoms with Gasteiger partial charge >= 0.3 is 0 Å². The van der Waals surface area contributed by atoms with Crippen molar-refractivity contribution in [2.24, 2.45) is 11.8 Å². The van der Waals surface area contributed by atoms with Crippen molar-refractivity contribution in [3.63, 3.8) is 0 Å². The Kier molecular flexibility index (Phi) is 1.19. The Morgan fingerprint density at radius 2 is 2.40 bits per heavy atom. The van der Waals surface area contributed by atoms with E-state index in [0.29, 0.717) is 11.7 Å². The van der Waals surface area contributed by atoms with E-state index in [4.69, 9.17) is 0 Å². The first-order chi connectivity index (χ1) is 4.79. The lowest BCUT2D eigenvalue weighted by atomic mass is 9.95. The zero-order chi connectivity index (χ0) is 7.14. The van der Waals surface area contributed by atoms with Crippen molar-refractivity contribution in [3.05, 3.63) is 11.6 Å². The molecule has 0 bridgehead atoms. The first-order valence-electron chi connectivity index (χ1n) is 4.02. The molecule has 2 atom stereocenters. The van der Waals surface area contributed by atoms with Gasteiger partial charge in [-0.3, -0.25) is 4.79 Å². The summed E-state index contributed by atoms with van der Waals surface area (Å²) < 4.78 is 0. The average molecular weight is 136 g/mol. The molecule has 0 aliphatic heterocycles. The maximum Gasteiger partial charge on any atom is 0.158 e. The van der Waals surface area contributed by atoms with E-state index < -0.39 is 0 Å². The molecule has 0 amide bonds. The highest BCUT2D eigenvalue weighted by atomic mass is 16.1. The third-order valence-corrected chi connectivity index (χ3v) is 2.80. The molecule has 0 unspecified atom stereocenters. The fraction of sp³-hybridized carbons (Fsp3) is 0.667. The van der Waals surface area contributed by atoms with Crippen molar-refractivity contribution in [1.29, 1.82) is 0 Å². The van der Waals surface area contributed by atoms with Crippen molar-refractivity contribution >= 4 is 5.78 Å². The Hall–Kier alpha value is -0.590. The molecule has 0 saturated heterocycles. The summed E-state index contributed by atoms with van der Waals surface area (Å²) in [7, 11) is 0. The summed E-state index contributed by atoms with van der Waals surface area (Å²) in [6, 6.07) is 0. The number of Topliss-reactive ketones (excluding diaryl/α,β-unsaturated/α-hetero) is 1. The molecule has 0 heterocycles. The number of fused-ring (bicyclic) bond motifs is 1. The molecule has 1 heteroatoms. The van der Waals surface area contributed by atoms with Gasteiger partial charge in [-0.2, -0.15) is 0 Å². The molecule has 54 valence electrons. The molecule has 0 aromatic carbocycles. The predicted octanol–water partition coefficient (Wildman–Crippen LogP) is 1.93. The van der Waals surface area contributed by atoms with Gasteiger partial charge < -0.3 is 0 Å². The smallest absolute Gasteiger partial charge is 0.158 e. The molecule has 1 fully saturated rings. The zero-order valence-electron chi connectivity index (χ0n) is 6.26. The summed E-state index contributed by atoms with van der Waals surface area (Å²) in [4.78, 5) is 11.1. The Morgan fingerprint density at radius 1 is 1.60 bits per heavy atom. The summed E-state index contributed by atoms with van der Waals surface area (Å²) in [6.45, 7) is 2.24. The zero-order valence-corrected chi connectivity index (χ0v) is 6.26. The second-order valence-corrected chi connectivity index (χ2v) is 3.44. The van der Waals surface area contributed by atoms with Gasteiger partial charge in [0.2, 0.25) is 0 Å². The Labute approximate surface area is 61.1 Å². The molecule has 2 aliphatic carbocycles. The van der Waals surface area contributed by atoms with E-state index in [-0.39, 0.29) is 0 Å². The van der Waals surface area contributed by atoms with E-state index in [1.165, 1.54) is 0 Å². The number of carbonyl (C=O) groups excluding carboxylic acids is 1. The van der Waals surface area contributed by atoms with Crippen LogP contribution in [0.5, 0.6) is 0 Å². The number of hydrogen-bond acceptors (Lipinski definition) is 1. The second-order valence-electron chi connectivity index (χ2n) is 3.44. The van der Waals surface area contributed by atoms with Gasteiger partial charge in [-0.25, -0.2) is 0 Å². The van der Waals surface area contributed by atoms with Crippen molar-refractivity contribution < 1.29 is 4.79 Å². The van der Waals surface area contributed by atoms with Gasteiger partial charge in [-0.15, -0.1) is 0 Å². The van der Waals surface area contributed by atoms with Crippen LogP contribution < -0.4 is 0 Å². The van der Waals surface area contributed by atoms with Crippen LogP contribution >= 0.6 is 0 Å². The summed E-state index contributed by atoms with van der Waals surface area (Å²) >= 11 is 0. The fourth-order valence-corrected chi connectivity index (χ4v) is 2.13. The van der Waals surface area contributed by atoms with Gasteiger partial charge in [0, 0.05) is 6.42 Å². The minimum atomic E-state index is 0.411. The number of allylic oxidation sites excluding steroid dienone is 2. The molecule has 0 aromatic rings. The lowest BCUT2D eigenvalue weighted by Crippen LogP contribution is -2.03. The van der Waals surface area contributed by atoms with Crippen LogP contribution in [0, 0.1) is 11.8 Å². The first-order valence-corrected chi connectivity index (χ1v) is 4.02. The molecule has 0 spiro atoms. The average Bonchev–Trinajstić information content (AvgIpc) is 2.41. The summed E-state index contributed by atoms with van der Waals surface area (Å²) in [6.07, 6.45) is 5.20. The minimum absolute atomic E-state index is 0.411. The minimum Gasteiger partial charge on any atom is -0.295 e. The number of rotatable bonds is 0. The second kappa shape index (κ2) is 1.94. The van der Waals surface area contributed by atoms with Crippen molar-refractivity contribution in [1.82, 2.24) is 0 Å². The molecule has 10 heavy (non-hydrogen) atoms. The quantitative estimate of drug-likeness (QED) is 0.497. The van der Waals surface area contributed by atoms with Crippen LogP contribution in [0.4, 0.5) is 0 Å². The molecule has 2 aliphatic rings. The standard InChI is InChI=1S/C9H12O/c1-6-2-3-8-7(6)4-5-9(8)10/h3,6-7H,2,4-5H2,1H3/t6-,7+/m0/s1. The van der Waals surface area contributed by atoms with Crippen molar-refractivity contribution in [3.8, 4) is 0 Å². The highest BCUT2D eigenvalue weighted by Crippen LogP contribution is 2.40. The normalized spacial score (nSPS) is 38.1. The van der Waals surface area contributed by atoms with Gasteiger partial charge in [0.15, 0.2) is 5.78 Å². The van der Waals surface area contributed by atoms with Crippen LogP contribution in [-0.4, -0.2) is 5.78 Å². The topological polar surface area (TPSA) is 17.1 Å². The van der Waals surface area contributed by atoms with Gasteiger partial charge in [-0.05, 0) is 30.3 Å². The van der Waals surface area contributed by atoms with E-state index in [2.05, 4.69) is 13.0 Å². The van der Waals surface area contributed by atoms with Gasteiger partial charge in [0.05, 0.1) is 0 Å². The van der Waals surface area contributed by atoms with Crippen LogP contribution in [0.15, 0.2) is 11.6 Å². The molecule has 2 rings (SSSR count). The van der Waals surface area contributed by atoms with Gasteiger partial charge in [0.25, 0.3) is 0 Å². The van der Waals surface area contributed by atoms with E-state index in [1.54, 1.807) is 0 Å². The third-order valence-electron chi connectivity index (χ3n) is 2.80. The third kappa shape index (κ3) is 0.664. The molecule has 0 radical (unpaired) electrons. The maximum atomic E-state index is 11.1. The lowest BCUT2D eigenvalue weighted by molar-refractivity contribution is -0.114. The van der Waals surface area contributed by atoms with Crippen molar-refractivity contribution in [2.45, 2.75) is 26.2 Å². The van der Waals surface area contributed by atoms with Gasteiger partial charge in [-0.1, -0.05) is 13.0 Å². The van der Waals surface area contributed by atoms with E-state index in [0.717, 1.165) is 30.8 Å². The van der Waals surface area contributed by atoms with Crippen LogP contribution in [0.1, 0.15) is 26.2 Å². The summed E-state index contributed by atoms with van der Waals surface area (Å²) in [5.41, 5.74) is 1.15. The highest BCUT2D eigenvalue weighted by Gasteiger charge is 2.35. The van der Waals surface area contributed by atoms with E-state index in [1.807, 2.05) is 0 Å². The number of carbonyl (C=O) groups is 1. The van der Waals surface area contributed by atoms with E-state index >= 15 is 0 Å². The predicted molar refractivity (Wildman–Crippen MR) is 39.6 cm³/mol. The highest BCUT2D eigenvalue weighted by molar-refractivity contribution is 5.98. The number of hydrogen-bond donors (Lipinski definition) is 0. The fourth-order valence-electron chi connectivity index (χ4n) is 2.13. The monoisotopic (exact) mass is 136 g/mol. The molecular formula is C9H12O. The molecule has 1 saturated carbocycles.